The number of nitrogens with zero attached hydrogens (tertiary/aromatic N) is 4. The van der Waals surface area contributed by atoms with Gasteiger partial charge in [0, 0.05) is 41.5 Å². The summed E-state index contributed by atoms with van der Waals surface area (Å²) in [7, 11) is -5.49. The topological polar surface area (TPSA) is 178 Å². The summed E-state index contributed by atoms with van der Waals surface area (Å²) in [5.41, 5.74) is 1.000. The predicted octanol–water partition coefficient (Wildman–Crippen LogP) is 1.76. The summed E-state index contributed by atoms with van der Waals surface area (Å²) < 4.78 is 44.4. The minimum Gasteiger partial charge on any atom is -0.456 e. The van der Waals surface area contributed by atoms with Gasteiger partial charge >= 0.3 is 5.97 Å². The highest BCUT2D eigenvalue weighted by atomic mass is 32.2. The molecule has 0 bridgehead atoms. The van der Waals surface area contributed by atoms with Gasteiger partial charge in [0.1, 0.15) is 17.1 Å². The number of esters is 1. The van der Waals surface area contributed by atoms with Crippen LogP contribution in [0.3, 0.4) is 0 Å². The van der Waals surface area contributed by atoms with Crippen molar-refractivity contribution in [3.05, 3.63) is 56.7 Å². The second-order valence-electron chi connectivity index (χ2n) is 9.70. The number of fused-ring (bicyclic) bond motifs is 2. The van der Waals surface area contributed by atoms with E-state index < -0.39 is 61.4 Å². The lowest BCUT2D eigenvalue weighted by Crippen LogP contribution is -2.63. The van der Waals surface area contributed by atoms with Crippen molar-refractivity contribution in [2.75, 3.05) is 12.5 Å². The summed E-state index contributed by atoms with van der Waals surface area (Å²) in [4.78, 5) is 42.7. The fourth-order valence-corrected chi connectivity index (χ4v) is 8.23. The Balaban J connectivity index is 1.62. The molecule has 5 atom stereocenters. The van der Waals surface area contributed by atoms with Crippen LogP contribution in [0.15, 0.2) is 45.5 Å². The molecule has 2 aromatic heterocycles. The Morgan fingerprint density at radius 3 is 2.52 bits per heavy atom. The van der Waals surface area contributed by atoms with Crippen molar-refractivity contribution in [3.8, 4) is 0 Å². The maximum atomic E-state index is 13.6. The van der Waals surface area contributed by atoms with Crippen molar-refractivity contribution in [2.24, 2.45) is 11.8 Å². The zero-order chi connectivity index (χ0) is 29.3. The van der Waals surface area contributed by atoms with Gasteiger partial charge in [0.2, 0.25) is 11.1 Å². The first-order valence-corrected chi connectivity index (χ1v) is 16.3. The van der Waals surface area contributed by atoms with Gasteiger partial charge in [-0.15, -0.1) is 11.3 Å². The van der Waals surface area contributed by atoms with Crippen LogP contribution in [-0.2, 0) is 41.6 Å². The number of sulfone groups is 1. The molecule has 40 heavy (non-hydrogen) atoms. The number of carbonyl (C=O) groups is 2. The fraction of sp³-hybridized carbons (Fsp3) is 0.375. The number of thiazole rings is 1. The average molecular weight is 609 g/mol. The smallest absolute Gasteiger partial charge is 0.355 e. The van der Waals surface area contributed by atoms with E-state index >= 15 is 0 Å². The van der Waals surface area contributed by atoms with Crippen molar-refractivity contribution in [3.63, 3.8) is 0 Å². The highest BCUT2D eigenvalue weighted by Gasteiger charge is 2.60. The van der Waals surface area contributed by atoms with Crippen molar-refractivity contribution >= 4 is 59.9 Å². The molecule has 16 heteroatoms. The molecule has 1 amide bonds. The number of hydrogen-bond acceptors (Lipinski definition) is 11. The van der Waals surface area contributed by atoms with Gasteiger partial charge in [-0.2, -0.15) is 0 Å². The monoisotopic (exact) mass is 608 g/mol. The van der Waals surface area contributed by atoms with Crippen molar-refractivity contribution in [1.29, 1.82) is 0 Å². The number of aromatic nitrogens is 2. The summed E-state index contributed by atoms with van der Waals surface area (Å²) in [5.74, 6) is -2.56. The maximum Gasteiger partial charge on any atom is 0.355 e. The lowest BCUT2D eigenvalue weighted by molar-refractivity contribution is -0.384. The number of nitro benzene ring substituents is 1. The molecular formula is C24H24N4O9S3. The number of non-ortho nitro benzene ring substituents is 1. The second kappa shape index (κ2) is 9.87. The summed E-state index contributed by atoms with van der Waals surface area (Å²) in [6.45, 7) is 3.04. The van der Waals surface area contributed by atoms with Gasteiger partial charge < -0.3 is 14.7 Å². The average Bonchev–Trinajstić information content (AvgIpc) is 3.52. The molecule has 212 valence electrons. The number of nitro groups is 1. The largest absolute Gasteiger partial charge is 0.456 e. The molecule has 0 spiro atoms. The molecule has 1 aromatic carbocycles. The number of imidazole rings is 1. The van der Waals surface area contributed by atoms with Crippen LogP contribution in [0, 0.1) is 22.0 Å². The second-order valence-corrected chi connectivity index (χ2v) is 13.8. The minimum absolute atomic E-state index is 0.0300. The minimum atomic E-state index is -3.78. The predicted molar refractivity (Wildman–Crippen MR) is 143 cm³/mol. The van der Waals surface area contributed by atoms with E-state index in [0.717, 1.165) is 17.6 Å². The first kappa shape index (κ1) is 28.1. The van der Waals surface area contributed by atoms with E-state index in [1.807, 2.05) is 0 Å². The molecule has 0 saturated carbocycles. The van der Waals surface area contributed by atoms with Gasteiger partial charge in [-0.25, -0.2) is 18.2 Å². The van der Waals surface area contributed by atoms with E-state index in [4.69, 9.17) is 4.74 Å². The van der Waals surface area contributed by atoms with Crippen LogP contribution in [0.25, 0.3) is 10.4 Å². The summed E-state index contributed by atoms with van der Waals surface area (Å²) >= 11 is 1.05. The Morgan fingerprint density at radius 1 is 1.32 bits per heavy atom. The van der Waals surface area contributed by atoms with Crippen LogP contribution in [0.5, 0.6) is 0 Å². The van der Waals surface area contributed by atoms with Gasteiger partial charge in [-0.1, -0.05) is 6.92 Å². The summed E-state index contributed by atoms with van der Waals surface area (Å²) in [5, 5.41) is 22.6. The molecule has 1 saturated heterocycles. The summed E-state index contributed by atoms with van der Waals surface area (Å²) in [6.07, 6.45) is 1.36. The Hall–Kier alpha value is -3.47. The Labute approximate surface area is 234 Å². The maximum absolute atomic E-state index is 13.6. The molecule has 1 fully saturated rings. The van der Waals surface area contributed by atoms with Crippen molar-refractivity contribution in [1.82, 2.24) is 14.3 Å². The molecule has 3 aromatic rings. The van der Waals surface area contributed by atoms with E-state index in [0.29, 0.717) is 16.8 Å². The van der Waals surface area contributed by atoms with E-state index in [1.54, 1.807) is 12.3 Å². The Kier molecular flexibility index (Phi) is 6.92. The number of β-lactam (4-membered cyclic amide) rings is 1. The van der Waals surface area contributed by atoms with Gasteiger partial charge in [-0.05, 0) is 24.6 Å². The molecular weight excluding hydrogens is 584 g/mol. The number of carbonyl (C=O) groups excluding carboxylic acids is 2. The van der Waals surface area contributed by atoms with Crippen LogP contribution in [0.1, 0.15) is 25.1 Å². The molecule has 5 rings (SSSR count). The van der Waals surface area contributed by atoms with Crippen LogP contribution in [0.2, 0.25) is 0 Å². The number of aliphatic hydroxyl groups excluding tert-OH is 1. The van der Waals surface area contributed by atoms with Crippen LogP contribution in [0.4, 0.5) is 5.69 Å². The van der Waals surface area contributed by atoms with Gasteiger partial charge in [-0.3, -0.25) is 23.5 Å². The number of rotatable bonds is 8. The van der Waals surface area contributed by atoms with Gasteiger partial charge in [0.05, 0.1) is 39.5 Å². The van der Waals surface area contributed by atoms with E-state index in [-0.39, 0.29) is 33.0 Å². The lowest BCUT2D eigenvalue weighted by atomic mass is 9.77. The Morgan fingerprint density at radius 2 is 1.98 bits per heavy atom. The highest BCUT2D eigenvalue weighted by Crippen LogP contribution is 2.51. The standard InChI is InChI=1S/C24H24N4O9S3/c1-11-16(15-10-38-22-20(40(4,35)36)25-24(26(15)22)39(3)34)19(27-18(11)17(12(2)29)21(27)30)23(31)37-9-13-5-7-14(8-6-13)28(32)33/h5-8,10-12,17-18,29H,9H2,1-4H3/t11-,12+,17+,18+,39?/m0/s1. The molecule has 1 unspecified atom stereocenters. The molecule has 1 N–H and O–H groups in total. The SMILES string of the molecule is C[C@@H](O)[C@H]1C(=O)N2C(C(=O)OCc3ccc([N+](=O)[O-])cc3)=C(c3csc4c(S(C)(=O)=O)nc(S(C)=O)n34)[C@H](C)[C@H]12. The van der Waals surface area contributed by atoms with E-state index in [9.17, 15) is 37.4 Å². The fourth-order valence-electron chi connectivity index (χ4n) is 5.29. The third kappa shape index (κ3) is 4.34. The lowest BCUT2D eigenvalue weighted by Gasteiger charge is -2.46. The number of ether oxygens (including phenoxy) is 1. The quantitative estimate of drug-likeness (QED) is 0.171. The zero-order valence-electron chi connectivity index (χ0n) is 21.6. The van der Waals surface area contributed by atoms with E-state index in [1.165, 1.54) is 46.7 Å². The Bertz CT molecular complexity index is 1740. The third-order valence-electron chi connectivity index (χ3n) is 7.06. The van der Waals surface area contributed by atoms with Crippen molar-refractivity contribution in [2.45, 2.75) is 42.8 Å². The molecule has 0 radical (unpaired) electrons. The third-order valence-corrected chi connectivity index (χ3v) is 9.91. The van der Waals surface area contributed by atoms with Crippen LogP contribution in [-0.4, -0.2) is 73.5 Å². The van der Waals surface area contributed by atoms with E-state index in [2.05, 4.69) is 4.98 Å². The van der Waals surface area contributed by atoms with Crippen molar-refractivity contribution < 1.29 is 37.0 Å². The number of amides is 1. The van der Waals surface area contributed by atoms with Crippen LogP contribution < -0.4 is 0 Å². The number of aliphatic hydroxyl groups is 1. The number of benzene rings is 1. The summed E-state index contributed by atoms with van der Waals surface area (Å²) in [6, 6.07) is 4.89. The molecule has 4 heterocycles. The zero-order valence-corrected chi connectivity index (χ0v) is 24.1. The van der Waals surface area contributed by atoms with Crippen LogP contribution >= 0.6 is 11.3 Å². The number of hydrogen-bond donors (Lipinski definition) is 1. The molecule has 2 aliphatic heterocycles. The van der Waals surface area contributed by atoms with Gasteiger partial charge in [0.25, 0.3) is 5.69 Å². The first-order valence-electron chi connectivity index (χ1n) is 11.9. The molecule has 2 aliphatic rings. The highest BCUT2D eigenvalue weighted by molar-refractivity contribution is 7.91. The normalized spacial score (nSPS) is 22.3. The molecule has 13 nitrogen and oxygen atoms in total. The molecule has 0 aliphatic carbocycles. The van der Waals surface area contributed by atoms with Gasteiger partial charge in [0.15, 0.2) is 14.9 Å². The first-order chi connectivity index (χ1) is 18.7.